The molecule has 2 aromatic heterocycles. The van der Waals surface area contributed by atoms with E-state index in [-0.39, 0.29) is 5.91 Å². The Balaban J connectivity index is 1.66. The molecule has 0 unspecified atom stereocenters. The molecule has 0 aliphatic heterocycles. The third-order valence-corrected chi connectivity index (χ3v) is 4.16. The van der Waals surface area contributed by atoms with Crippen molar-refractivity contribution >= 4 is 21.8 Å². The Bertz CT molecular complexity index is 830. The van der Waals surface area contributed by atoms with Crippen molar-refractivity contribution in [2.45, 2.75) is 6.54 Å². The van der Waals surface area contributed by atoms with Gasteiger partial charge in [0.1, 0.15) is 11.4 Å². The second-order valence-corrected chi connectivity index (χ2v) is 5.91. The highest BCUT2D eigenvalue weighted by Gasteiger charge is 2.11. The summed E-state index contributed by atoms with van der Waals surface area (Å²) in [4.78, 5) is 16.7. The smallest absolute Gasteiger partial charge is 0.252 e. The van der Waals surface area contributed by atoms with E-state index in [1.54, 1.807) is 37.8 Å². The number of methoxy groups -OCH3 is 1. The van der Waals surface area contributed by atoms with E-state index in [1.165, 1.54) is 0 Å². The summed E-state index contributed by atoms with van der Waals surface area (Å²) in [5.74, 6) is 1.16. The van der Waals surface area contributed by atoms with Crippen LogP contribution in [0.1, 0.15) is 15.9 Å². The largest absolute Gasteiger partial charge is 0.497 e. The van der Waals surface area contributed by atoms with Gasteiger partial charge in [-0.15, -0.1) is 0 Å². The molecule has 0 saturated carbocycles. The number of rotatable bonds is 5. The fourth-order valence-electron chi connectivity index (χ4n) is 2.18. The van der Waals surface area contributed by atoms with Gasteiger partial charge >= 0.3 is 0 Å². The van der Waals surface area contributed by atoms with Crippen LogP contribution in [-0.4, -0.2) is 18.0 Å². The van der Waals surface area contributed by atoms with Crippen LogP contribution in [0.15, 0.2) is 63.8 Å². The highest BCUT2D eigenvalue weighted by molar-refractivity contribution is 9.10. The summed E-state index contributed by atoms with van der Waals surface area (Å²) in [6.45, 7) is 0.383. The van der Waals surface area contributed by atoms with Crippen LogP contribution in [0, 0.1) is 0 Å². The van der Waals surface area contributed by atoms with Crippen LogP contribution >= 0.6 is 15.9 Å². The molecular weight excluding hydrogens is 372 g/mol. The number of halogens is 1. The third-order valence-electron chi connectivity index (χ3n) is 3.47. The fourth-order valence-corrected chi connectivity index (χ4v) is 2.61. The molecule has 1 N–H and O–H groups in total. The minimum atomic E-state index is -0.184. The van der Waals surface area contributed by atoms with E-state index in [0.717, 1.165) is 11.3 Å². The van der Waals surface area contributed by atoms with Gasteiger partial charge in [-0.25, -0.2) is 0 Å². The molecule has 2 heterocycles. The molecule has 3 rings (SSSR count). The Hall–Kier alpha value is -2.60. The summed E-state index contributed by atoms with van der Waals surface area (Å²) in [5.41, 5.74) is 2.18. The van der Waals surface area contributed by atoms with Gasteiger partial charge < -0.3 is 14.5 Å². The van der Waals surface area contributed by atoms with Crippen LogP contribution in [0.25, 0.3) is 11.5 Å². The average Bonchev–Trinajstić information content (AvgIpc) is 3.15. The molecule has 24 heavy (non-hydrogen) atoms. The second-order valence-electron chi connectivity index (χ2n) is 5.06. The Morgan fingerprint density at radius 3 is 2.83 bits per heavy atom. The van der Waals surface area contributed by atoms with Crippen LogP contribution in [0.4, 0.5) is 0 Å². The number of nitrogens with one attached hydrogen (secondary N) is 1. The Labute approximate surface area is 147 Å². The normalized spacial score (nSPS) is 10.4. The number of aromatic nitrogens is 1. The lowest BCUT2D eigenvalue weighted by atomic mass is 10.2. The van der Waals surface area contributed by atoms with Crippen LogP contribution in [0.3, 0.4) is 0 Å². The second kappa shape index (κ2) is 7.31. The van der Waals surface area contributed by atoms with Crippen molar-refractivity contribution in [3.05, 3.63) is 70.5 Å². The molecule has 3 aromatic rings. The van der Waals surface area contributed by atoms with Gasteiger partial charge in [0.2, 0.25) is 0 Å². The van der Waals surface area contributed by atoms with Gasteiger partial charge in [0.05, 0.1) is 18.9 Å². The van der Waals surface area contributed by atoms with Gasteiger partial charge in [0, 0.05) is 17.2 Å². The average molecular weight is 387 g/mol. The lowest BCUT2D eigenvalue weighted by Gasteiger charge is -2.09. The van der Waals surface area contributed by atoms with E-state index in [2.05, 4.69) is 26.2 Å². The number of carbonyl (C=O) groups excluding carboxylic acids is 1. The number of ether oxygens (including phenoxy) is 1. The Kier molecular flexibility index (Phi) is 4.96. The number of carbonyl (C=O) groups is 1. The maximum atomic E-state index is 12.3. The van der Waals surface area contributed by atoms with Crippen molar-refractivity contribution in [3.63, 3.8) is 0 Å². The predicted molar refractivity (Wildman–Crippen MR) is 93.8 cm³/mol. The van der Waals surface area contributed by atoms with E-state index in [0.29, 0.717) is 28.1 Å². The summed E-state index contributed by atoms with van der Waals surface area (Å²) in [6.07, 6.45) is 3.33. The van der Waals surface area contributed by atoms with Crippen molar-refractivity contribution in [2.75, 3.05) is 7.11 Å². The standard InChI is InChI=1S/C18H15BrN2O3/c1-23-13-5-6-15(19)14(9-13)18(22)21-11-12-4-7-16(20-10-12)17-3-2-8-24-17/h2-10H,11H2,1H3,(H,21,22). The molecule has 6 heteroatoms. The zero-order chi connectivity index (χ0) is 16.9. The molecule has 0 radical (unpaired) electrons. The molecule has 0 aliphatic carbocycles. The molecule has 0 aliphatic rings. The minimum Gasteiger partial charge on any atom is -0.497 e. The molecule has 1 aromatic carbocycles. The summed E-state index contributed by atoms with van der Waals surface area (Å²) >= 11 is 3.38. The van der Waals surface area contributed by atoms with E-state index in [9.17, 15) is 4.79 Å². The Morgan fingerprint density at radius 2 is 2.17 bits per heavy atom. The topological polar surface area (TPSA) is 64.4 Å². The van der Waals surface area contributed by atoms with Gasteiger partial charge in [0.25, 0.3) is 5.91 Å². The molecule has 1 amide bonds. The van der Waals surface area contributed by atoms with Crippen LogP contribution in [0.5, 0.6) is 5.75 Å². The quantitative estimate of drug-likeness (QED) is 0.718. The molecule has 5 nitrogen and oxygen atoms in total. The summed E-state index contributed by atoms with van der Waals surface area (Å²) in [5, 5.41) is 2.87. The molecule has 0 bridgehead atoms. The molecule has 0 atom stereocenters. The number of nitrogens with zero attached hydrogens (tertiary/aromatic N) is 1. The first-order valence-electron chi connectivity index (χ1n) is 7.28. The molecule has 0 saturated heterocycles. The lowest BCUT2D eigenvalue weighted by Crippen LogP contribution is -2.23. The van der Waals surface area contributed by atoms with Crippen LogP contribution in [-0.2, 0) is 6.54 Å². The van der Waals surface area contributed by atoms with Gasteiger partial charge in [-0.3, -0.25) is 9.78 Å². The number of furan rings is 1. The van der Waals surface area contributed by atoms with E-state index >= 15 is 0 Å². The first-order valence-corrected chi connectivity index (χ1v) is 8.07. The van der Waals surface area contributed by atoms with Crippen LogP contribution < -0.4 is 10.1 Å². The minimum absolute atomic E-state index is 0.184. The van der Waals surface area contributed by atoms with Gasteiger partial charge in [-0.1, -0.05) is 6.07 Å². The molecule has 0 spiro atoms. The summed E-state index contributed by atoms with van der Waals surface area (Å²) in [7, 11) is 1.57. The SMILES string of the molecule is COc1ccc(Br)c(C(=O)NCc2ccc(-c3ccco3)nc2)c1. The Morgan fingerprint density at radius 1 is 1.29 bits per heavy atom. The van der Waals surface area contributed by atoms with E-state index < -0.39 is 0 Å². The molecule has 122 valence electrons. The number of amides is 1. The van der Waals surface area contributed by atoms with E-state index in [4.69, 9.17) is 9.15 Å². The summed E-state index contributed by atoms with van der Waals surface area (Å²) in [6, 6.07) is 12.7. The van der Waals surface area contributed by atoms with Crippen molar-refractivity contribution in [1.82, 2.24) is 10.3 Å². The van der Waals surface area contributed by atoms with Crippen molar-refractivity contribution in [2.24, 2.45) is 0 Å². The van der Waals surface area contributed by atoms with Crippen molar-refractivity contribution < 1.29 is 13.9 Å². The zero-order valence-electron chi connectivity index (χ0n) is 13.0. The maximum Gasteiger partial charge on any atom is 0.252 e. The van der Waals surface area contributed by atoms with E-state index in [1.807, 2.05) is 24.3 Å². The van der Waals surface area contributed by atoms with Crippen LogP contribution in [0.2, 0.25) is 0 Å². The predicted octanol–water partition coefficient (Wildman–Crippen LogP) is 4.04. The van der Waals surface area contributed by atoms with Gasteiger partial charge in [-0.05, 0) is 57.9 Å². The number of hydrogen-bond acceptors (Lipinski definition) is 4. The number of pyridine rings is 1. The number of benzene rings is 1. The fraction of sp³-hybridized carbons (Fsp3) is 0.111. The zero-order valence-corrected chi connectivity index (χ0v) is 14.5. The maximum absolute atomic E-state index is 12.3. The highest BCUT2D eigenvalue weighted by Crippen LogP contribution is 2.22. The highest BCUT2D eigenvalue weighted by atomic mass is 79.9. The lowest BCUT2D eigenvalue weighted by molar-refractivity contribution is 0.0949. The van der Waals surface area contributed by atoms with Crippen molar-refractivity contribution in [1.29, 1.82) is 0 Å². The molecule has 0 fully saturated rings. The van der Waals surface area contributed by atoms with Gasteiger partial charge in [0.15, 0.2) is 5.76 Å². The third kappa shape index (κ3) is 3.65. The molecular formula is C18H15BrN2O3. The summed E-state index contributed by atoms with van der Waals surface area (Å²) < 4.78 is 11.2. The number of hydrogen-bond donors (Lipinski definition) is 1. The monoisotopic (exact) mass is 386 g/mol. The first-order chi connectivity index (χ1) is 11.7. The van der Waals surface area contributed by atoms with Gasteiger partial charge in [-0.2, -0.15) is 0 Å². The van der Waals surface area contributed by atoms with Crippen molar-refractivity contribution in [3.8, 4) is 17.2 Å². The first kappa shape index (κ1) is 16.3.